The Labute approximate surface area is 147 Å². The summed E-state index contributed by atoms with van der Waals surface area (Å²) < 4.78 is 16.1. The summed E-state index contributed by atoms with van der Waals surface area (Å²) in [7, 11) is 1.66. The fourth-order valence-corrected chi connectivity index (χ4v) is 2.74. The number of ether oxygens (including phenoxy) is 3. The number of nitrogens with zero attached hydrogens (tertiary/aromatic N) is 1. The maximum absolute atomic E-state index is 10.4. The molecule has 0 amide bonds. The van der Waals surface area contributed by atoms with E-state index in [2.05, 4.69) is 29.4 Å². The van der Waals surface area contributed by atoms with E-state index >= 15 is 0 Å². The van der Waals surface area contributed by atoms with Gasteiger partial charge in [0.05, 0.1) is 12.8 Å². The molecule has 1 aromatic heterocycles. The van der Waals surface area contributed by atoms with Gasteiger partial charge in [-0.15, -0.1) is 0 Å². The van der Waals surface area contributed by atoms with Gasteiger partial charge in [0.25, 0.3) is 5.88 Å². The highest BCUT2D eigenvalue weighted by molar-refractivity contribution is 5.36. The molecule has 1 aromatic carbocycles. The Kier molecular flexibility index (Phi) is 5.73. The lowest BCUT2D eigenvalue weighted by atomic mass is 10.1. The summed E-state index contributed by atoms with van der Waals surface area (Å²) in [4.78, 5) is 4.34. The van der Waals surface area contributed by atoms with E-state index in [0.717, 1.165) is 12.2 Å². The second-order valence-corrected chi connectivity index (χ2v) is 6.11. The van der Waals surface area contributed by atoms with Gasteiger partial charge >= 0.3 is 0 Å². The molecule has 1 aliphatic rings. The largest absolute Gasteiger partial charge is 0.497 e. The van der Waals surface area contributed by atoms with Gasteiger partial charge in [-0.05, 0) is 43.2 Å². The number of rotatable bonds is 7. The Bertz CT molecular complexity index is 690. The molecular formula is C19H24N2O4. The predicted octanol–water partition coefficient (Wildman–Crippen LogP) is 2.12. The van der Waals surface area contributed by atoms with Gasteiger partial charge in [0.2, 0.25) is 0 Å². The SMILES string of the molecule is COc1ccc(C[C@@H](C)NC[C@H](O)c2ccc3c(n2)OCCO3)cc1. The van der Waals surface area contributed by atoms with Crippen LogP contribution in [0.3, 0.4) is 0 Å². The smallest absolute Gasteiger partial charge is 0.257 e. The van der Waals surface area contributed by atoms with Crippen molar-refractivity contribution < 1.29 is 19.3 Å². The van der Waals surface area contributed by atoms with Crippen molar-refractivity contribution in [3.05, 3.63) is 47.7 Å². The molecule has 0 bridgehead atoms. The van der Waals surface area contributed by atoms with Gasteiger partial charge in [0, 0.05) is 12.6 Å². The first kappa shape index (κ1) is 17.5. The van der Waals surface area contributed by atoms with Crippen LogP contribution in [0.2, 0.25) is 0 Å². The molecule has 1 aliphatic heterocycles. The average molecular weight is 344 g/mol. The molecule has 0 spiro atoms. The Morgan fingerprint density at radius 2 is 1.92 bits per heavy atom. The quantitative estimate of drug-likeness (QED) is 0.802. The van der Waals surface area contributed by atoms with Crippen LogP contribution in [-0.2, 0) is 6.42 Å². The van der Waals surface area contributed by atoms with Crippen LogP contribution in [0.25, 0.3) is 0 Å². The number of nitrogens with one attached hydrogen (secondary N) is 1. The molecule has 0 saturated heterocycles. The summed E-state index contributed by atoms with van der Waals surface area (Å²) in [6, 6.07) is 11.8. The summed E-state index contributed by atoms with van der Waals surface area (Å²) in [6.07, 6.45) is 0.166. The number of hydrogen-bond donors (Lipinski definition) is 2. The molecule has 134 valence electrons. The van der Waals surface area contributed by atoms with Crippen LogP contribution in [0.5, 0.6) is 17.4 Å². The van der Waals surface area contributed by atoms with Gasteiger partial charge in [0.15, 0.2) is 5.75 Å². The second kappa shape index (κ2) is 8.18. The molecule has 2 atom stereocenters. The minimum atomic E-state index is -0.700. The van der Waals surface area contributed by atoms with Crippen LogP contribution in [0.15, 0.2) is 36.4 Å². The summed E-state index contributed by atoms with van der Waals surface area (Å²) in [5.41, 5.74) is 1.79. The van der Waals surface area contributed by atoms with Crippen molar-refractivity contribution in [2.45, 2.75) is 25.5 Å². The Morgan fingerprint density at radius 3 is 2.68 bits per heavy atom. The van der Waals surface area contributed by atoms with Gasteiger partial charge in [-0.25, -0.2) is 4.98 Å². The number of aliphatic hydroxyl groups is 1. The summed E-state index contributed by atoms with van der Waals surface area (Å²) in [5.74, 6) is 1.93. The van der Waals surface area contributed by atoms with Crippen LogP contribution < -0.4 is 19.5 Å². The van der Waals surface area contributed by atoms with Crippen LogP contribution in [-0.4, -0.2) is 43.0 Å². The van der Waals surface area contributed by atoms with E-state index in [4.69, 9.17) is 14.2 Å². The van der Waals surface area contributed by atoms with Crippen LogP contribution in [0.1, 0.15) is 24.3 Å². The normalized spacial score (nSPS) is 15.5. The van der Waals surface area contributed by atoms with Crippen LogP contribution in [0, 0.1) is 0 Å². The highest BCUT2D eigenvalue weighted by Crippen LogP contribution is 2.29. The number of methoxy groups -OCH3 is 1. The molecule has 0 saturated carbocycles. The number of benzene rings is 1. The van der Waals surface area contributed by atoms with Crippen molar-refractivity contribution in [3.63, 3.8) is 0 Å². The van der Waals surface area contributed by atoms with E-state index in [1.54, 1.807) is 19.2 Å². The monoisotopic (exact) mass is 344 g/mol. The standard InChI is InChI=1S/C19H24N2O4/c1-13(11-14-3-5-15(23-2)6-4-14)20-12-17(22)16-7-8-18-19(21-16)25-10-9-24-18/h3-8,13,17,20,22H,9-12H2,1-2H3/t13-,17+/m1/s1. The third-order valence-corrected chi connectivity index (χ3v) is 4.13. The van der Waals surface area contributed by atoms with Crippen molar-refractivity contribution in [1.29, 1.82) is 0 Å². The zero-order valence-corrected chi connectivity index (χ0v) is 14.6. The number of fused-ring (bicyclic) bond motifs is 1. The van der Waals surface area contributed by atoms with Gasteiger partial charge < -0.3 is 24.6 Å². The van der Waals surface area contributed by atoms with Gasteiger partial charge in [-0.3, -0.25) is 0 Å². The average Bonchev–Trinajstić information content (AvgIpc) is 2.66. The van der Waals surface area contributed by atoms with E-state index in [1.165, 1.54) is 5.56 Å². The van der Waals surface area contributed by atoms with E-state index in [-0.39, 0.29) is 6.04 Å². The fraction of sp³-hybridized carbons (Fsp3) is 0.421. The van der Waals surface area contributed by atoms with Crippen molar-refractivity contribution in [2.24, 2.45) is 0 Å². The Balaban J connectivity index is 1.51. The lowest BCUT2D eigenvalue weighted by Crippen LogP contribution is -2.32. The third kappa shape index (κ3) is 4.61. The van der Waals surface area contributed by atoms with Crippen molar-refractivity contribution in [3.8, 4) is 17.4 Å². The molecule has 0 radical (unpaired) electrons. The fourth-order valence-electron chi connectivity index (χ4n) is 2.74. The molecule has 0 aliphatic carbocycles. The zero-order chi connectivity index (χ0) is 17.6. The summed E-state index contributed by atoms with van der Waals surface area (Å²) in [6.45, 7) is 3.52. The highest BCUT2D eigenvalue weighted by atomic mass is 16.6. The first-order valence-electron chi connectivity index (χ1n) is 8.46. The third-order valence-electron chi connectivity index (χ3n) is 4.13. The molecular weight excluding hydrogens is 320 g/mol. The molecule has 0 unspecified atom stereocenters. The molecule has 2 N–H and O–H groups in total. The van der Waals surface area contributed by atoms with Crippen molar-refractivity contribution in [2.75, 3.05) is 26.9 Å². The number of hydrogen-bond acceptors (Lipinski definition) is 6. The number of pyridine rings is 1. The van der Waals surface area contributed by atoms with E-state index in [9.17, 15) is 5.11 Å². The molecule has 2 heterocycles. The summed E-state index contributed by atoms with van der Waals surface area (Å²) >= 11 is 0. The zero-order valence-electron chi connectivity index (χ0n) is 14.6. The molecule has 0 fully saturated rings. The Morgan fingerprint density at radius 1 is 1.16 bits per heavy atom. The maximum atomic E-state index is 10.4. The van der Waals surface area contributed by atoms with Crippen molar-refractivity contribution >= 4 is 0 Å². The minimum Gasteiger partial charge on any atom is -0.497 e. The van der Waals surface area contributed by atoms with E-state index in [0.29, 0.717) is 37.1 Å². The second-order valence-electron chi connectivity index (χ2n) is 6.11. The van der Waals surface area contributed by atoms with Crippen LogP contribution >= 0.6 is 0 Å². The predicted molar refractivity (Wildman–Crippen MR) is 94.3 cm³/mol. The number of aliphatic hydroxyl groups excluding tert-OH is 1. The van der Waals surface area contributed by atoms with Crippen LogP contribution in [0.4, 0.5) is 0 Å². The van der Waals surface area contributed by atoms with Gasteiger partial charge in [0.1, 0.15) is 25.1 Å². The topological polar surface area (TPSA) is 72.8 Å². The van der Waals surface area contributed by atoms with Crippen molar-refractivity contribution in [1.82, 2.24) is 10.3 Å². The van der Waals surface area contributed by atoms with Gasteiger partial charge in [-0.2, -0.15) is 0 Å². The molecule has 25 heavy (non-hydrogen) atoms. The van der Waals surface area contributed by atoms with E-state index < -0.39 is 6.10 Å². The first-order chi connectivity index (χ1) is 12.2. The first-order valence-corrected chi connectivity index (χ1v) is 8.46. The lowest BCUT2D eigenvalue weighted by molar-refractivity contribution is 0.150. The maximum Gasteiger partial charge on any atom is 0.257 e. The molecule has 6 nitrogen and oxygen atoms in total. The van der Waals surface area contributed by atoms with E-state index in [1.807, 2.05) is 12.1 Å². The van der Waals surface area contributed by atoms with Gasteiger partial charge in [-0.1, -0.05) is 12.1 Å². The highest BCUT2D eigenvalue weighted by Gasteiger charge is 2.17. The Hall–Kier alpha value is -2.31. The minimum absolute atomic E-state index is 0.222. The summed E-state index contributed by atoms with van der Waals surface area (Å²) in [5, 5.41) is 13.7. The lowest BCUT2D eigenvalue weighted by Gasteiger charge is -2.20. The number of aromatic nitrogens is 1. The molecule has 6 heteroatoms. The molecule has 2 aromatic rings. The molecule has 3 rings (SSSR count).